The van der Waals surface area contributed by atoms with Gasteiger partial charge in [0.1, 0.15) is 30.1 Å². The van der Waals surface area contributed by atoms with Crippen LogP contribution in [0.3, 0.4) is 0 Å². The van der Waals surface area contributed by atoms with Crippen LogP contribution in [0.15, 0.2) is 72.4 Å². The Balaban J connectivity index is -0.000000387. The number of anilines is 2. The van der Waals surface area contributed by atoms with Gasteiger partial charge in [-0.05, 0) is 96.9 Å². The second kappa shape index (κ2) is 115. The Hall–Kier alpha value is -7.86. The quantitative estimate of drug-likeness (QED) is 0.0128. The average molecular weight is 2340 g/mol. The summed E-state index contributed by atoms with van der Waals surface area (Å²) in [5.41, 5.74) is 17.8. The number of nitrogens with one attached hydrogen (secondary N) is 18. The standard InChI is InChI=1S/C15H24N6O6S2.C15H22N6O2S2.C11H16N4OS2.C11H21N3O2S2.C10H20N2O3S2.C7H13N3O2S2.C7H14N2O2S2.C7H15NOS2/c1-3-17-21-12(23)5-4-11(15(26)27)19-14(25)9-29-28-7-6-16-13(24)8-18-20-10(2)22;1-3-18-20-13-6-5-12(11-17-13)15(23)16-8-10-25-24-9-7-14(22)21-19-4-2;1-3-14-15-10-5-4-9(8-13-10)11(16)12-6-7-18-17-2;1-3-5-10(15)12-7-9-18-17-8-6-11(16)14-13-4-2;1-9(13)12-4-7-16-17-8-6-15-5-3-10(14)11-2;1-6(11)10-9-5-7(12)8-3-4-14-13-2;1-6(10)9-3-4-12-13-5-7(11)8-2;1-3-4-7(9)8-5-6-11-10-2/h3,8,11H,4-7,9H2,1-2H3,(H,16,24)(H,19,25)(H,20,22)(H,21,23)(H,26,27);3-6,11H,7-10H2,1-2H3,(H,16,23)(H,17,20)(H,21,22);3-5,8H,6-7H2,1-2H3,(H,12,16)(H,13,15);4H,3,5-9H2,1-2H3,(H,12,15)(H,14,16);3-8H2,1-2H3,(H,11,14)(H,12,13);5H,3-4H2,1-2H3,(H,8,12)(H,10,11);3-5H2,1-2H3,(H,8,11)(H,9,10);3-6H2,1-2H3,(H,8,9)/b17-3+,18-8+;18-3+,19-4+;14-3+;13-4+;;9-5+;;. The first-order valence-electron chi connectivity index (χ1n) is 44.3. The summed E-state index contributed by atoms with van der Waals surface area (Å²) in [7, 11) is 28.9. The predicted octanol–water partition coefficient (Wildman–Crippen LogP) is 8.29. The molecule has 0 saturated carbocycles. The zero-order chi connectivity index (χ0) is 110. The van der Waals surface area contributed by atoms with E-state index in [1.807, 2.05) is 32.6 Å². The molecule has 2 aromatic rings. The van der Waals surface area contributed by atoms with Crippen LogP contribution < -0.4 is 96.5 Å². The predicted molar refractivity (Wildman–Crippen MR) is 624 cm³/mol. The molecule has 0 fully saturated rings. The lowest BCUT2D eigenvalue weighted by atomic mass is 10.1. The normalized spacial score (nSPS) is 10.6. The summed E-state index contributed by atoms with van der Waals surface area (Å²) in [6.45, 7) is 24.3. The van der Waals surface area contributed by atoms with Crippen molar-refractivity contribution in [3.05, 3.63) is 47.8 Å². The van der Waals surface area contributed by atoms with Crippen LogP contribution in [0.2, 0.25) is 0 Å². The second-order valence-electron chi connectivity index (χ2n) is 26.0. The molecule has 16 amide bonds. The summed E-state index contributed by atoms with van der Waals surface area (Å²) < 4.78 is 5.29. The van der Waals surface area contributed by atoms with Gasteiger partial charge in [-0.2, -0.15) is 35.7 Å². The van der Waals surface area contributed by atoms with Crippen molar-refractivity contribution in [1.82, 2.24) is 95.6 Å². The van der Waals surface area contributed by atoms with Crippen molar-refractivity contribution in [1.29, 1.82) is 0 Å². The number of hydrazone groups is 7. The molecular formula is C83H145N27O19S16. The van der Waals surface area contributed by atoms with E-state index in [2.05, 4.69) is 142 Å². The van der Waals surface area contributed by atoms with E-state index in [4.69, 9.17) is 9.84 Å². The largest absolute Gasteiger partial charge is 0.480 e. The molecule has 1 unspecified atom stereocenters. The number of carbonyl (C=O) groups is 17. The molecule has 2 aromatic heterocycles. The van der Waals surface area contributed by atoms with Gasteiger partial charge in [0.15, 0.2) is 0 Å². The highest BCUT2D eigenvalue weighted by atomic mass is 33.1. The summed E-state index contributed by atoms with van der Waals surface area (Å²) in [4.78, 5) is 197. The van der Waals surface area contributed by atoms with Gasteiger partial charge in [-0.1, -0.05) is 187 Å². The van der Waals surface area contributed by atoms with Gasteiger partial charge >= 0.3 is 5.97 Å². The summed E-state index contributed by atoms with van der Waals surface area (Å²) in [6, 6.07) is 5.65. The molecule has 62 heteroatoms. The third-order valence-corrected chi connectivity index (χ3v) is 31.2. The lowest BCUT2D eigenvalue weighted by molar-refractivity contribution is -0.142. The van der Waals surface area contributed by atoms with Crippen molar-refractivity contribution in [2.75, 3.05) is 184 Å². The number of aliphatic carboxylic acids is 1. The van der Waals surface area contributed by atoms with Gasteiger partial charge in [0.25, 0.3) is 23.6 Å². The number of ether oxygens (including phenoxy) is 1. The molecule has 2 heterocycles. The number of aromatic nitrogens is 2. The van der Waals surface area contributed by atoms with Crippen LogP contribution in [0, 0.1) is 0 Å². The van der Waals surface area contributed by atoms with Crippen molar-refractivity contribution in [2.24, 2.45) is 35.7 Å². The maximum absolute atomic E-state index is 12.0. The maximum Gasteiger partial charge on any atom is 0.326 e. The summed E-state index contributed by atoms with van der Waals surface area (Å²) in [5, 5.41) is 63.8. The number of pyridine rings is 2. The van der Waals surface area contributed by atoms with E-state index in [9.17, 15) is 81.5 Å². The maximum atomic E-state index is 12.0. The van der Waals surface area contributed by atoms with Crippen molar-refractivity contribution in [3.8, 4) is 0 Å². The molecule has 1 atom stereocenters. The minimum absolute atomic E-state index is 0.00216. The number of carbonyl (C=O) groups excluding carboxylic acids is 16. The second-order valence-corrected chi connectivity index (χ2v) is 47.3. The first-order chi connectivity index (χ1) is 69.7. The molecule has 0 aliphatic heterocycles. The van der Waals surface area contributed by atoms with Crippen molar-refractivity contribution >= 4 is 328 Å². The van der Waals surface area contributed by atoms with Crippen LogP contribution in [0.1, 0.15) is 155 Å². The Kier molecular flexibility index (Phi) is 117. The average Bonchev–Trinajstić information content (AvgIpc) is 0.890. The number of hydrogen-bond acceptors (Lipinski definition) is 45. The highest BCUT2D eigenvalue weighted by Gasteiger charge is 2.21. The Morgan fingerprint density at radius 2 is 0.683 bits per heavy atom. The summed E-state index contributed by atoms with van der Waals surface area (Å²) in [6.07, 6.45) is 22.9. The first kappa shape index (κ1) is 148. The fourth-order valence-corrected chi connectivity index (χ4v) is 20.1. The van der Waals surface area contributed by atoms with E-state index in [-0.39, 0.29) is 89.5 Å². The SMILES string of the molecule is C/C=N/NC(=O)CCC(NC(=O)CSSCCNC(=O)/C=N/NC(C)=O)C(=O)O.C/C=N/NC(=O)CCSSCCNC(=O)CCC.C/C=N/NC(=O)CCSSCCNC(=O)c1ccc(N/N=C/C)nc1.C/C=N/Nc1ccc(C(=O)NCCSSC)cn1.CCCC(=O)NCCSSC.CNC(=O)CCOCCSSCCNC(C)=O.CNC(=O)CSSCCNC(C)=O.CSSCCNC(=O)/C=N/NC(C)=O. The molecule has 0 saturated heterocycles. The van der Waals surface area contributed by atoms with Crippen LogP contribution in [0.25, 0.3) is 0 Å². The van der Waals surface area contributed by atoms with Gasteiger partial charge in [0.05, 0.1) is 35.8 Å². The van der Waals surface area contributed by atoms with Gasteiger partial charge < -0.3 is 68.3 Å². The molecule has 822 valence electrons. The smallest absolute Gasteiger partial charge is 0.326 e. The van der Waals surface area contributed by atoms with E-state index < -0.39 is 35.6 Å². The van der Waals surface area contributed by atoms with E-state index in [1.165, 1.54) is 84.9 Å². The minimum atomic E-state index is -1.23. The Morgan fingerprint density at radius 3 is 1.02 bits per heavy atom. The molecule has 0 aliphatic rings. The van der Waals surface area contributed by atoms with Crippen LogP contribution in [0.4, 0.5) is 11.6 Å². The van der Waals surface area contributed by atoms with E-state index in [0.29, 0.717) is 131 Å². The third-order valence-electron chi connectivity index (χ3n) is 14.0. The van der Waals surface area contributed by atoms with E-state index in [1.54, 1.807) is 232 Å². The molecule has 145 heavy (non-hydrogen) atoms. The van der Waals surface area contributed by atoms with Crippen molar-refractivity contribution < 1.29 is 91.4 Å². The van der Waals surface area contributed by atoms with Gasteiger partial charge in [-0.25, -0.2) is 41.9 Å². The molecule has 0 spiro atoms. The van der Waals surface area contributed by atoms with Gasteiger partial charge in [0.2, 0.25) is 70.9 Å². The molecule has 19 N–H and O–H groups in total. The highest BCUT2D eigenvalue weighted by Crippen LogP contribution is 2.24. The first-order valence-corrected chi connectivity index (χ1v) is 65.0. The molecule has 0 radical (unpaired) electrons. The van der Waals surface area contributed by atoms with Crippen LogP contribution in [-0.2, 0) is 76.7 Å². The molecular weight excluding hydrogens is 2190 g/mol. The van der Waals surface area contributed by atoms with Crippen LogP contribution in [0.5, 0.6) is 0 Å². The summed E-state index contributed by atoms with van der Waals surface area (Å²) in [5.74, 6) is 6.80. The van der Waals surface area contributed by atoms with Gasteiger partial charge in [0, 0.05) is 239 Å². The number of carboxylic acid groups (broad SMARTS) is 1. The van der Waals surface area contributed by atoms with Gasteiger partial charge in [-0.15, -0.1) is 0 Å². The molecule has 0 aromatic carbocycles. The highest BCUT2D eigenvalue weighted by molar-refractivity contribution is 8.78. The fourth-order valence-electron chi connectivity index (χ4n) is 7.67. The molecule has 0 bridgehead atoms. The Labute approximate surface area is 914 Å². The minimum Gasteiger partial charge on any atom is -0.480 e. The number of nitrogens with zero attached hydrogens (tertiary/aromatic N) is 9. The lowest BCUT2D eigenvalue weighted by Gasteiger charge is -2.13. The topological polar surface area (TPSA) is 648 Å². The van der Waals surface area contributed by atoms with Crippen molar-refractivity contribution in [3.63, 3.8) is 0 Å². The van der Waals surface area contributed by atoms with Crippen LogP contribution >= 0.6 is 173 Å². The monoisotopic (exact) mass is 2340 g/mol. The molecule has 0 aliphatic carbocycles. The van der Waals surface area contributed by atoms with Crippen molar-refractivity contribution in [2.45, 2.75) is 140 Å². The van der Waals surface area contributed by atoms with Crippen LogP contribution in [-0.4, -0.2) is 338 Å². The molecule has 2 rings (SSSR count). The zero-order valence-corrected chi connectivity index (χ0v) is 97.6. The van der Waals surface area contributed by atoms with E-state index >= 15 is 0 Å². The number of rotatable bonds is 70. The lowest BCUT2D eigenvalue weighted by Crippen LogP contribution is -2.42. The fraction of sp³-hybridized carbons (Fsp3) is 0.590. The zero-order valence-electron chi connectivity index (χ0n) is 84.6. The third kappa shape index (κ3) is 118. The molecule has 46 nitrogen and oxygen atoms in total. The van der Waals surface area contributed by atoms with Gasteiger partial charge in [-0.3, -0.25) is 87.6 Å². The Bertz CT molecular complexity index is 4070. The Morgan fingerprint density at radius 1 is 0.345 bits per heavy atom. The van der Waals surface area contributed by atoms with E-state index in [0.717, 1.165) is 83.6 Å². The number of carboxylic acids is 1. The summed E-state index contributed by atoms with van der Waals surface area (Å²) >= 11 is 0. The number of hydrogen-bond donors (Lipinski definition) is 19. The number of amides is 16.